The van der Waals surface area contributed by atoms with Crippen LogP contribution in [-0.4, -0.2) is 48.0 Å². The van der Waals surface area contributed by atoms with Crippen LogP contribution < -0.4 is 0 Å². The zero-order chi connectivity index (χ0) is 18.8. The maximum Gasteiger partial charge on any atom is 0.311 e. The molecule has 0 radical (unpaired) electrons. The molecular formula is C17H20ClN3O4S. The van der Waals surface area contributed by atoms with Crippen molar-refractivity contribution in [1.29, 1.82) is 0 Å². The van der Waals surface area contributed by atoms with E-state index in [0.717, 1.165) is 5.56 Å². The quantitative estimate of drug-likeness (QED) is 0.719. The Morgan fingerprint density at radius 2 is 1.92 bits per heavy atom. The van der Waals surface area contributed by atoms with Crippen LogP contribution in [0.25, 0.3) is 11.3 Å². The van der Waals surface area contributed by atoms with Crippen LogP contribution >= 0.6 is 11.6 Å². The van der Waals surface area contributed by atoms with Gasteiger partial charge in [0.1, 0.15) is 15.5 Å². The summed E-state index contributed by atoms with van der Waals surface area (Å²) in [6, 6.07) is 7.28. The van der Waals surface area contributed by atoms with Gasteiger partial charge in [0.25, 0.3) is 0 Å². The average molecular weight is 398 g/mol. The lowest BCUT2D eigenvalue weighted by Gasteiger charge is -2.34. The minimum Gasteiger partial charge on any atom is -0.469 e. The van der Waals surface area contributed by atoms with Gasteiger partial charge in [0.15, 0.2) is 0 Å². The number of methoxy groups -OCH3 is 1. The number of halogens is 1. The molecule has 0 spiro atoms. The highest BCUT2D eigenvalue weighted by Gasteiger charge is 2.44. The maximum absolute atomic E-state index is 12.3. The van der Waals surface area contributed by atoms with Crippen LogP contribution in [-0.2, 0) is 25.9 Å². The molecule has 7 nitrogen and oxygen atoms in total. The number of carbonyl (C=O) groups excluding carboxylic acids is 1. The number of aryl methyl sites for hydroxylation is 1. The summed E-state index contributed by atoms with van der Waals surface area (Å²) in [4.78, 5) is 13.8. The molecule has 0 bridgehead atoms. The average Bonchev–Trinajstić information content (AvgIpc) is 3.10. The molecule has 0 unspecified atom stereocenters. The van der Waals surface area contributed by atoms with Crippen molar-refractivity contribution in [3.63, 3.8) is 0 Å². The van der Waals surface area contributed by atoms with Gasteiger partial charge in [-0.05, 0) is 31.4 Å². The van der Waals surface area contributed by atoms with E-state index in [-0.39, 0.29) is 30.3 Å². The Kier molecular flexibility index (Phi) is 5.34. The smallest absolute Gasteiger partial charge is 0.311 e. The summed E-state index contributed by atoms with van der Waals surface area (Å²) in [6.45, 7) is 0.405. The lowest BCUT2D eigenvalue weighted by atomic mass is 9.79. The van der Waals surface area contributed by atoms with Crippen LogP contribution in [0.5, 0.6) is 0 Å². The summed E-state index contributed by atoms with van der Waals surface area (Å²) in [5.41, 5.74) is 0.806. The topological polar surface area (TPSA) is 91.2 Å². The maximum atomic E-state index is 12.3. The normalized spacial score (nSPS) is 18.4. The minimum atomic E-state index is -3.07. The third kappa shape index (κ3) is 4.07. The number of aromatic nitrogens is 3. The summed E-state index contributed by atoms with van der Waals surface area (Å²) in [6.07, 6.45) is 2.63. The summed E-state index contributed by atoms with van der Waals surface area (Å²) in [5.74, 6) is -0.354. The molecule has 1 saturated heterocycles. The number of rotatable bonds is 5. The fourth-order valence-corrected chi connectivity index (χ4v) is 4.91. The number of carbonyl (C=O) groups is 1. The zero-order valence-corrected chi connectivity index (χ0v) is 16.0. The molecule has 2 aromatic rings. The molecule has 1 aromatic heterocycles. The van der Waals surface area contributed by atoms with E-state index in [9.17, 15) is 13.2 Å². The summed E-state index contributed by atoms with van der Waals surface area (Å²) in [5, 5.41) is 9.32. The largest absolute Gasteiger partial charge is 0.469 e. The van der Waals surface area contributed by atoms with Crippen molar-refractivity contribution in [2.45, 2.75) is 25.8 Å². The first kappa shape index (κ1) is 18.8. The zero-order valence-electron chi connectivity index (χ0n) is 14.4. The molecule has 0 amide bonds. The highest BCUT2D eigenvalue weighted by molar-refractivity contribution is 7.91. The molecule has 9 heteroatoms. The van der Waals surface area contributed by atoms with Gasteiger partial charge in [-0.2, -0.15) is 15.0 Å². The Labute approximate surface area is 157 Å². The van der Waals surface area contributed by atoms with Crippen LogP contribution in [0.1, 0.15) is 19.3 Å². The summed E-state index contributed by atoms with van der Waals surface area (Å²) in [7, 11) is -1.74. The van der Waals surface area contributed by atoms with Crippen LogP contribution in [0.2, 0.25) is 5.02 Å². The van der Waals surface area contributed by atoms with Gasteiger partial charge < -0.3 is 4.74 Å². The van der Waals surface area contributed by atoms with E-state index in [1.165, 1.54) is 11.9 Å². The highest BCUT2D eigenvalue weighted by Crippen LogP contribution is 2.37. The Balaban J connectivity index is 1.72. The SMILES string of the molecule is COC(=O)C1(CCn2ncc(-c3ccc(Cl)cc3)n2)CCS(=O)(=O)CC1. The lowest BCUT2D eigenvalue weighted by molar-refractivity contribution is -0.154. The number of esters is 1. The molecule has 26 heavy (non-hydrogen) atoms. The van der Waals surface area contributed by atoms with Gasteiger partial charge in [0.05, 0.1) is 36.8 Å². The second-order valence-electron chi connectivity index (χ2n) is 6.51. The van der Waals surface area contributed by atoms with Crippen LogP contribution in [0.4, 0.5) is 0 Å². The molecular weight excluding hydrogens is 378 g/mol. The van der Waals surface area contributed by atoms with E-state index < -0.39 is 15.3 Å². The standard InChI is InChI=1S/C17H20ClN3O4S/c1-25-16(22)17(7-10-26(23,24)11-8-17)6-9-21-19-12-15(20-21)13-2-4-14(18)5-3-13/h2-5,12H,6-11H2,1H3. The predicted molar refractivity (Wildman–Crippen MR) is 97.4 cm³/mol. The van der Waals surface area contributed by atoms with Gasteiger partial charge in [0, 0.05) is 10.6 Å². The molecule has 0 aliphatic carbocycles. The highest BCUT2D eigenvalue weighted by atomic mass is 35.5. The van der Waals surface area contributed by atoms with Gasteiger partial charge in [-0.1, -0.05) is 23.7 Å². The van der Waals surface area contributed by atoms with Gasteiger partial charge in [-0.3, -0.25) is 4.79 Å². The second kappa shape index (κ2) is 7.36. The Morgan fingerprint density at radius 3 is 2.54 bits per heavy atom. The molecule has 2 heterocycles. The van der Waals surface area contributed by atoms with Crippen molar-refractivity contribution < 1.29 is 17.9 Å². The van der Waals surface area contributed by atoms with E-state index in [0.29, 0.717) is 23.7 Å². The molecule has 1 aliphatic rings. The van der Waals surface area contributed by atoms with E-state index in [2.05, 4.69) is 10.2 Å². The summed E-state index contributed by atoms with van der Waals surface area (Å²) < 4.78 is 28.4. The van der Waals surface area contributed by atoms with E-state index in [4.69, 9.17) is 16.3 Å². The number of benzene rings is 1. The molecule has 1 aliphatic heterocycles. The third-order valence-corrected chi connectivity index (χ3v) is 6.77. The van der Waals surface area contributed by atoms with E-state index >= 15 is 0 Å². The molecule has 0 atom stereocenters. The number of nitrogens with zero attached hydrogens (tertiary/aromatic N) is 3. The third-order valence-electron chi connectivity index (χ3n) is 4.87. The number of hydrogen-bond donors (Lipinski definition) is 0. The minimum absolute atomic E-state index is 0.00462. The van der Waals surface area contributed by atoms with E-state index in [1.54, 1.807) is 18.3 Å². The molecule has 140 valence electrons. The van der Waals surface area contributed by atoms with Crippen molar-refractivity contribution in [2.24, 2.45) is 5.41 Å². The lowest BCUT2D eigenvalue weighted by Crippen LogP contribution is -2.41. The van der Waals surface area contributed by atoms with Gasteiger partial charge >= 0.3 is 5.97 Å². The van der Waals surface area contributed by atoms with Crippen molar-refractivity contribution in [2.75, 3.05) is 18.6 Å². The number of sulfone groups is 1. The molecule has 0 saturated carbocycles. The van der Waals surface area contributed by atoms with Gasteiger partial charge in [-0.15, -0.1) is 0 Å². The fourth-order valence-electron chi connectivity index (χ4n) is 3.17. The first-order chi connectivity index (χ1) is 12.3. The molecule has 3 rings (SSSR count). The number of ether oxygens (including phenoxy) is 1. The first-order valence-corrected chi connectivity index (χ1v) is 10.5. The van der Waals surface area contributed by atoms with Crippen LogP contribution in [0, 0.1) is 5.41 Å². The van der Waals surface area contributed by atoms with E-state index in [1.807, 2.05) is 12.1 Å². The van der Waals surface area contributed by atoms with Crippen molar-refractivity contribution >= 4 is 27.4 Å². The Bertz CT molecular complexity index is 879. The monoisotopic (exact) mass is 397 g/mol. The van der Waals surface area contributed by atoms with Gasteiger partial charge in [-0.25, -0.2) is 8.42 Å². The van der Waals surface area contributed by atoms with Crippen molar-refractivity contribution in [1.82, 2.24) is 15.0 Å². The molecule has 1 fully saturated rings. The Hall–Kier alpha value is -1.93. The number of hydrogen-bond acceptors (Lipinski definition) is 6. The first-order valence-electron chi connectivity index (χ1n) is 8.28. The van der Waals surface area contributed by atoms with Crippen LogP contribution in [0.3, 0.4) is 0 Å². The van der Waals surface area contributed by atoms with Crippen molar-refractivity contribution in [3.05, 3.63) is 35.5 Å². The fraction of sp³-hybridized carbons (Fsp3) is 0.471. The van der Waals surface area contributed by atoms with Crippen LogP contribution in [0.15, 0.2) is 30.5 Å². The summed E-state index contributed by atoms with van der Waals surface area (Å²) >= 11 is 5.89. The molecule has 0 N–H and O–H groups in total. The Morgan fingerprint density at radius 1 is 1.27 bits per heavy atom. The van der Waals surface area contributed by atoms with Crippen molar-refractivity contribution in [3.8, 4) is 11.3 Å². The van der Waals surface area contributed by atoms with Gasteiger partial charge in [0.2, 0.25) is 0 Å². The predicted octanol–water partition coefficient (Wildman–Crippen LogP) is 2.36. The molecule has 1 aromatic carbocycles. The second-order valence-corrected chi connectivity index (χ2v) is 9.25.